The first-order chi connectivity index (χ1) is 12.0. The van der Waals surface area contributed by atoms with Crippen molar-refractivity contribution in [3.63, 3.8) is 0 Å². The minimum atomic E-state index is -0.898. The van der Waals surface area contributed by atoms with Gasteiger partial charge in [-0.05, 0) is 29.8 Å². The number of nitrogens with zero attached hydrogens (tertiary/aromatic N) is 3. The highest BCUT2D eigenvalue weighted by atomic mass is 16.5. The van der Waals surface area contributed by atoms with Crippen LogP contribution in [0.1, 0.15) is 27.7 Å². The summed E-state index contributed by atoms with van der Waals surface area (Å²) in [7, 11) is 3.95. The maximum Gasteiger partial charge on any atom is 0.335 e. The number of pyridine rings is 1. The average molecular weight is 341 g/mol. The second kappa shape index (κ2) is 7.63. The van der Waals surface area contributed by atoms with Gasteiger partial charge in [-0.15, -0.1) is 0 Å². The van der Waals surface area contributed by atoms with Gasteiger partial charge >= 0.3 is 5.97 Å². The largest absolute Gasteiger partial charge is 0.478 e. The van der Waals surface area contributed by atoms with Crippen LogP contribution in [0.3, 0.4) is 0 Å². The molecule has 1 aromatic carbocycles. The van der Waals surface area contributed by atoms with Crippen molar-refractivity contribution in [1.29, 1.82) is 0 Å². The number of carbonyl (C=O) groups is 1. The van der Waals surface area contributed by atoms with Crippen LogP contribution in [-0.4, -0.2) is 54.8 Å². The van der Waals surface area contributed by atoms with Crippen molar-refractivity contribution in [3.05, 3.63) is 59.3 Å². The third-order valence-corrected chi connectivity index (χ3v) is 4.30. The van der Waals surface area contributed by atoms with E-state index < -0.39 is 5.97 Å². The van der Waals surface area contributed by atoms with Crippen molar-refractivity contribution in [2.45, 2.75) is 12.6 Å². The summed E-state index contributed by atoms with van der Waals surface area (Å²) >= 11 is 0. The van der Waals surface area contributed by atoms with Crippen LogP contribution in [0.4, 0.5) is 5.82 Å². The minimum Gasteiger partial charge on any atom is -0.478 e. The van der Waals surface area contributed by atoms with Crippen molar-refractivity contribution in [3.8, 4) is 0 Å². The number of hydrogen-bond donors (Lipinski definition) is 1. The molecule has 1 fully saturated rings. The smallest absolute Gasteiger partial charge is 0.335 e. The number of carboxylic acid groups (broad SMARTS) is 1. The molecule has 3 rings (SSSR count). The zero-order chi connectivity index (χ0) is 17.8. The minimum absolute atomic E-state index is 0.0491. The van der Waals surface area contributed by atoms with Crippen LogP contribution in [0, 0.1) is 0 Å². The molecule has 0 amide bonds. The molecule has 1 aliphatic rings. The fourth-order valence-electron chi connectivity index (χ4n) is 2.90. The maximum absolute atomic E-state index is 10.9. The lowest BCUT2D eigenvalue weighted by Gasteiger charge is -2.33. The van der Waals surface area contributed by atoms with E-state index in [4.69, 9.17) is 9.84 Å². The standard InChI is InChI=1S/C19H23N3O3/c1-21(2)18-5-3-4-16(20-18)17-13-22(10-11-25-17)12-14-6-8-15(9-7-14)19(23)24/h3-9,17H,10-13H2,1-2H3,(H,23,24)/t17-/m0/s1. The number of hydrogen-bond acceptors (Lipinski definition) is 5. The van der Waals surface area contributed by atoms with Crippen molar-refractivity contribution < 1.29 is 14.6 Å². The highest BCUT2D eigenvalue weighted by Crippen LogP contribution is 2.23. The number of aromatic nitrogens is 1. The van der Waals surface area contributed by atoms with Crippen LogP contribution in [0.2, 0.25) is 0 Å². The molecule has 1 atom stereocenters. The van der Waals surface area contributed by atoms with Gasteiger partial charge in [0.15, 0.2) is 0 Å². The summed E-state index contributed by atoms with van der Waals surface area (Å²) in [6.45, 7) is 3.05. The highest BCUT2D eigenvalue weighted by molar-refractivity contribution is 5.87. The summed E-state index contributed by atoms with van der Waals surface area (Å²) in [6.07, 6.45) is -0.0491. The monoisotopic (exact) mass is 341 g/mol. The van der Waals surface area contributed by atoms with Crippen molar-refractivity contribution >= 4 is 11.8 Å². The van der Waals surface area contributed by atoms with E-state index in [1.165, 1.54) is 0 Å². The fourth-order valence-corrected chi connectivity index (χ4v) is 2.90. The van der Waals surface area contributed by atoms with Gasteiger partial charge in [-0.1, -0.05) is 18.2 Å². The normalized spacial score (nSPS) is 18.1. The van der Waals surface area contributed by atoms with Crippen LogP contribution < -0.4 is 4.90 Å². The molecule has 2 aromatic rings. The molecule has 0 bridgehead atoms. The van der Waals surface area contributed by atoms with E-state index in [0.717, 1.165) is 36.7 Å². The van der Waals surface area contributed by atoms with Crippen molar-refractivity contribution in [2.75, 3.05) is 38.7 Å². The molecule has 132 valence electrons. The molecule has 1 N–H and O–H groups in total. The number of carboxylic acids is 1. The molecule has 0 saturated carbocycles. The van der Waals surface area contributed by atoms with Gasteiger partial charge in [-0.2, -0.15) is 0 Å². The van der Waals surface area contributed by atoms with Gasteiger partial charge in [0.1, 0.15) is 11.9 Å². The van der Waals surface area contributed by atoms with Gasteiger partial charge in [-0.25, -0.2) is 9.78 Å². The first-order valence-corrected chi connectivity index (χ1v) is 8.33. The number of benzene rings is 1. The molecule has 6 nitrogen and oxygen atoms in total. The SMILES string of the molecule is CN(C)c1cccc([C@@H]2CN(Cc3ccc(C(=O)O)cc3)CCO2)n1. The Balaban J connectivity index is 1.66. The topological polar surface area (TPSA) is 65.9 Å². The molecule has 1 aromatic heterocycles. The number of rotatable bonds is 5. The Kier molecular flexibility index (Phi) is 5.31. The predicted octanol–water partition coefficient (Wildman–Crippen LogP) is 2.42. The number of aromatic carboxylic acids is 1. The highest BCUT2D eigenvalue weighted by Gasteiger charge is 2.23. The maximum atomic E-state index is 10.9. The van der Waals surface area contributed by atoms with E-state index in [1.54, 1.807) is 12.1 Å². The van der Waals surface area contributed by atoms with Gasteiger partial charge in [0, 0.05) is 33.7 Å². The summed E-state index contributed by atoms with van der Waals surface area (Å²) in [6, 6.07) is 13.0. The number of anilines is 1. The first kappa shape index (κ1) is 17.4. The zero-order valence-electron chi connectivity index (χ0n) is 14.6. The Morgan fingerprint density at radius 1 is 1.28 bits per heavy atom. The number of morpholine rings is 1. The predicted molar refractivity (Wildman–Crippen MR) is 95.9 cm³/mol. The van der Waals surface area contributed by atoms with Gasteiger partial charge in [0.05, 0.1) is 17.9 Å². The van der Waals surface area contributed by atoms with Gasteiger partial charge in [0.25, 0.3) is 0 Å². The number of ether oxygens (including phenoxy) is 1. The first-order valence-electron chi connectivity index (χ1n) is 8.33. The van der Waals surface area contributed by atoms with Crippen LogP contribution in [-0.2, 0) is 11.3 Å². The van der Waals surface area contributed by atoms with Gasteiger partial charge in [0.2, 0.25) is 0 Å². The summed E-state index contributed by atoms with van der Waals surface area (Å²) in [4.78, 5) is 19.9. The second-order valence-corrected chi connectivity index (χ2v) is 6.41. The van der Waals surface area contributed by atoms with Crippen molar-refractivity contribution in [2.24, 2.45) is 0 Å². The fraction of sp³-hybridized carbons (Fsp3) is 0.368. The lowest BCUT2D eigenvalue weighted by atomic mass is 10.1. The molecule has 0 spiro atoms. The summed E-state index contributed by atoms with van der Waals surface area (Å²) in [5.74, 6) is 0.0207. The van der Waals surface area contributed by atoms with E-state index in [9.17, 15) is 4.79 Å². The van der Waals surface area contributed by atoms with Gasteiger partial charge in [-0.3, -0.25) is 4.90 Å². The molecule has 2 heterocycles. The van der Waals surface area contributed by atoms with Crippen LogP contribution in [0.25, 0.3) is 0 Å². The molecular weight excluding hydrogens is 318 g/mol. The molecule has 1 aliphatic heterocycles. The third-order valence-electron chi connectivity index (χ3n) is 4.30. The molecule has 0 radical (unpaired) electrons. The third kappa shape index (κ3) is 4.35. The Morgan fingerprint density at radius 3 is 2.72 bits per heavy atom. The molecule has 0 unspecified atom stereocenters. The summed E-state index contributed by atoms with van der Waals surface area (Å²) < 4.78 is 5.92. The second-order valence-electron chi connectivity index (χ2n) is 6.41. The van der Waals surface area contributed by atoms with Crippen molar-refractivity contribution in [1.82, 2.24) is 9.88 Å². The van der Waals surface area contributed by atoms with E-state index in [0.29, 0.717) is 12.2 Å². The summed E-state index contributed by atoms with van der Waals surface area (Å²) in [5.41, 5.74) is 2.35. The summed E-state index contributed by atoms with van der Waals surface area (Å²) in [5, 5.41) is 8.98. The molecular formula is C19H23N3O3. The van der Waals surface area contributed by atoms with Crippen LogP contribution in [0.15, 0.2) is 42.5 Å². The van der Waals surface area contributed by atoms with E-state index in [2.05, 4.69) is 9.88 Å². The van der Waals surface area contributed by atoms with E-state index in [-0.39, 0.29) is 6.10 Å². The van der Waals surface area contributed by atoms with Crippen LogP contribution in [0.5, 0.6) is 0 Å². The zero-order valence-corrected chi connectivity index (χ0v) is 14.6. The lowest BCUT2D eigenvalue weighted by molar-refractivity contribution is -0.0349. The Hall–Kier alpha value is -2.44. The molecule has 6 heteroatoms. The Labute approximate surface area is 147 Å². The van der Waals surface area contributed by atoms with Crippen LogP contribution >= 0.6 is 0 Å². The van der Waals surface area contributed by atoms with E-state index in [1.807, 2.05) is 49.3 Å². The average Bonchev–Trinajstić information content (AvgIpc) is 2.62. The Morgan fingerprint density at radius 2 is 2.04 bits per heavy atom. The lowest BCUT2D eigenvalue weighted by Crippen LogP contribution is -2.38. The van der Waals surface area contributed by atoms with Gasteiger partial charge < -0.3 is 14.7 Å². The Bertz CT molecular complexity index is 731. The molecule has 1 saturated heterocycles. The molecule has 25 heavy (non-hydrogen) atoms. The van der Waals surface area contributed by atoms with E-state index >= 15 is 0 Å². The molecule has 0 aliphatic carbocycles. The quantitative estimate of drug-likeness (QED) is 0.901.